The summed E-state index contributed by atoms with van der Waals surface area (Å²) in [4.78, 5) is 63.0. The molecule has 2 aromatic carbocycles. The lowest BCUT2D eigenvalue weighted by Gasteiger charge is -2.49. The third kappa shape index (κ3) is 7.80. The van der Waals surface area contributed by atoms with Gasteiger partial charge in [-0.05, 0) is 29.5 Å². The van der Waals surface area contributed by atoms with Crippen LogP contribution in [0.3, 0.4) is 0 Å². The van der Waals surface area contributed by atoms with Crippen LogP contribution in [0, 0.1) is 0 Å². The standard InChI is InChI=1S/C34H35N5O6S2/c1-3-5-6-13-18-44-38-26(25-20-47-34(36-25)35-21-40)30(41)37-27-31(42)39-28(22(4-2)19-46-32(27)39)33(43)45-29(23-14-9-7-10-15-23)24-16-11-8-12-17-24/h4,7-12,14-17,20-21,27,29,32H,2-3,5-6,13,18-19H2,1H3,(H,37,41)(H,35,36,40)/t27?,32-/m1/s1. The van der Waals surface area contributed by atoms with E-state index >= 15 is 0 Å². The van der Waals surface area contributed by atoms with Gasteiger partial charge in [0.1, 0.15) is 29.4 Å². The van der Waals surface area contributed by atoms with Crippen LogP contribution in [-0.4, -0.2) is 63.6 Å². The van der Waals surface area contributed by atoms with Gasteiger partial charge in [-0.3, -0.25) is 19.3 Å². The number of oxime groups is 1. The summed E-state index contributed by atoms with van der Waals surface area (Å²) in [6.07, 6.45) is 5.19. The van der Waals surface area contributed by atoms with E-state index in [2.05, 4.69) is 34.3 Å². The molecule has 0 saturated carbocycles. The number of thioether (sulfide) groups is 1. The number of nitrogens with zero attached hydrogens (tertiary/aromatic N) is 3. The molecule has 13 heteroatoms. The van der Waals surface area contributed by atoms with E-state index in [-0.39, 0.29) is 22.2 Å². The molecule has 244 valence electrons. The van der Waals surface area contributed by atoms with E-state index in [0.717, 1.165) is 48.1 Å². The monoisotopic (exact) mass is 673 g/mol. The van der Waals surface area contributed by atoms with Gasteiger partial charge in [-0.15, -0.1) is 23.1 Å². The quantitative estimate of drug-likeness (QED) is 0.0530. The lowest BCUT2D eigenvalue weighted by Crippen LogP contribution is -2.71. The number of thiazole rings is 1. The minimum Gasteiger partial charge on any atom is -0.448 e. The van der Waals surface area contributed by atoms with Crippen LogP contribution in [0.5, 0.6) is 0 Å². The van der Waals surface area contributed by atoms with Crippen LogP contribution in [-0.2, 0) is 28.8 Å². The summed E-state index contributed by atoms with van der Waals surface area (Å²) >= 11 is 2.52. The molecule has 11 nitrogen and oxygen atoms in total. The van der Waals surface area contributed by atoms with Crippen LogP contribution in [0.15, 0.2) is 95.1 Å². The van der Waals surface area contributed by atoms with E-state index in [1.54, 1.807) is 11.5 Å². The molecule has 2 aliphatic rings. The van der Waals surface area contributed by atoms with Gasteiger partial charge in [-0.25, -0.2) is 9.78 Å². The normalized spacial score (nSPS) is 17.4. The van der Waals surface area contributed by atoms with E-state index in [0.29, 0.717) is 24.3 Å². The number of anilines is 1. The Bertz CT molecular complexity index is 1620. The zero-order valence-corrected chi connectivity index (χ0v) is 27.4. The third-order valence-electron chi connectivity index (χ3n) is 7.54. The largest absolute Gasteiger partial charge is 0.448 e. The van der Waals surface area contributed by atoms with Gasteiger partial charge >= 0.3 is 5.97 Å². The van der Waals surface area contributed by atoms with Crippen molar-refractivity contribution >= 4 is 58.1 Å². The highest BCUT2D eigenvalue weighted by Crippen LogP contribution is 2.42. The van der Waals surface area contributed by atoms with Crippen molar-refractivity contribution in [3.05, 3.63) is 107 Å². The second-order valence-corrected chi connectivity index (χ2v) is 12.6. The maximum Gasteiger partial charge on any atom is 0.356 e. The Morgan fingerprint density at radius 2 is 1.81 bits per heavy atom. The van der Waals surface area contributed by atoms with Crippen LogP contribution in [0.1, 0.15) is 55.5 Å². The zero-order chi connectivity index (χ0) is 33.2. The number of benzene rings is 2. The van der Waals surface area contributed by atoms with Crippen molar-refractivity contribution in [2.45, 2.75) is 50.1 Å². The molecular formula is C34H35N5O6S2. The molecule has 47 heavy (non-hydrogen) atoms. The van der Waals surface area contributed by atoms with Gasteiger partial charge in [0.05, 0.1) is 0 Å². The average Bonchev–Trinajstić information content (AvgIpc) is 3.57. The van der Waals surface area contributed by atoms with Crippen molar-refractivity contribution in [1.29, 1.82) is 0 Å². The van der Waals surface area contributed by atoms with Crippen molar-refractivity contribution in [1.82, 2.24) is 15.2 Å². The van der Waals surface area contributed by atoms with E-state index in [4.69, 9.17) is 9.57 Å². The first-order valence-electron chi connectivity index (χ1n) is 15.2. The molecule has 2 atom stereocenters. The summed E-state index contributed by atoms with van der Waals surface area (Å²) in [7, 11) is 0. The molecule has 1 unspecified atom stereocenters. The first kappa shape index (κ1) is 33.6. The van der Waals surface area contributed by atoms with Crippen molar-refractivity contribution in [3.8, 4) is 0 Å². The molecule has 3 aromatic rings. The number of allylic oxidation sites excluding steroid dienone is 1. The fourth-order valence-electron chi connectivity index (χ4n) is 5.15. The number of ether oxygens (including phenoxy) is 1. The maximum absolute atomic E-state index is 13.9. The van der Waals surface area contributed by atoms with Gasteiger partial charge in [-0.2, -0.15) is 0 Å². The molecule has 1 fully saturated rings. The molecule has 2 aliphatic heterocycles. The summed E-state index contributed by atoms with van der Waals surface area (Å²) in [6, 6.07) is 17.8. The van der Waals surface area contributed by atoms with Gasteiger partial charge < -0.3 is 20.2 Å². The van der Waals surface area contributed by atoms with Crippen molar-refractivity contribution in [2.75, 3.05) is 17.7 Å². The summed E-state index contributed by atoms with van der Waals surface area (Å²) in [5.74, 6) is -1.43. The van der Waals surface area contributed by atoms with Crippen LogP contribution in [0.25, 0.3) is 0 Å². The number of esters is 1. The first-order valence-corrected chi connectivity index (χ1v) is 17.2. The Kier molecular flexibility index (Phi) is 11.6. The van der Waals surface area contributed by atoms with Gasteiger partial charge in [-0.1, -0.05) is 98.2 Å². The summed E-state index contributed by atoms with van der Waals surface area (Å²) < 4.78 is 6.10. The fraction of sp³-hybridized carbons (Fsp3) is 0.294. The Morgan fingerprint density at radius 3 is 2.45 bits per heavy atom. The van der Waals surface area contributed by atoms with Crippen LogP contribution >= 0.6 is 23.1 Å². The Morgan fingerprint density at radius 1 is 1.11 bits per heavy atom. The number of rotatable bonds is 16. The lowest BCUT2D eigenvalue weighted by molar-refractivity contribution is -0.154. The summed E-state index contributed by atoms with van der Waals surface area (Å²) in [5.41, 5.74) is 2.29. The number of amides is 3. The number of β-lactam (4-membered cyclic amide) rings is 1. The predicted octanol–water partition coefficient (Wildman–Crippen LogP) is 5.19. The Hall–Kier alpha value is -4.75. The average molecular weight is 674 g/mol. The van der Waals surface area contributed by atoms with Crippen LogP contribution < -0.4 is 10.6 Å². The topological polar surface area (TPSA) is 139 Å². The number of fused-ring (bicyclic) bond motifs is 1. The highest BCUT2D eigenvalue weighted by molar-refractivity contribution is 8.00. The SMILES string of the molecule is C=CC1=C(C(=O)OC(c2ccccc2)c2ccccc2)N2C(=O)C(NC(=O)C(=NOCCCCCC)c3csc(NC=O)n3)[C@H]2SC1. The molecule has 1 saturated heterocycles. The lowest BCUT2D eigenvalue weighted by atomic mass is 10.0. The van der Waals surface area contributed by atoms with Gasteiger partial charge in [0, 0.05) is 11.1 Å². The summed E-state index contributed by atoms with van der Waals surface area (Å²) in [5, 5.41) is 10.6. The number of aromatic nitrogens is 1. The zero-order valence-electron chi connectivity index (χ0n) is 25.8. The molecule has 3 amide bonds. The molecule has 1 aromatic heterocycles. The number of hydrogen-bond donors (Lipinski definition) is 2. The number of carbonyl (C=O) groups is 4. The third-order valence-corrected chi connectivity index (χ3v) is 9.62. The summed E-state index contributed by atoms with van der Waals surface area (Å²) in [6.45, 7) is 6.28. The van der Waals surface area contributed by atoms with E-state index in [1.165, 1.54) is 16.7 Å². The minimum absolute atomic E-state index is 0.101. The molecule has 0 spiro atoms. The van der Waals surface area contributed by atoms with Gasteiger partial charge in [0.2, 0.25) is 6.41 Å². The molecule has 0 aliphatic carbocycles. The molecule has 5 rings (SSSR count). The number of nitrogens with one attached hydrogen (secondary N) is 2. The molecule has 0 radical (unpaired) electrons. The molecule has 3 heterocycles. The smallest absolute Gasteiger partial charge is 0.356 e. The predicted molar refractivity (Wildman–Crippen MR) is 181 cm³/mol. The number of unbranched alkanes of at least 4 members (excludes halogenated alkanes) is 3. The van der Waals surface area contributed by atoms with Crippen molar-refractivity contribution in [3.63, 3.8) is 0 Å². The highest BCUT2D eigenvalue weighted by Gasteiger charge is 2.54. The second-order valence-electron chi connectivity index (χ2n) is 10.7. The molecular weight excluding hydrogens is 639 g/mol. The van der Waals surface area contributed by atoms with Crippen LogP contribution in [0.2, 0.25) is 0 Å². The van der Waals surface area contributed by atoms with Crippen LogP contribution in [0.4, 0.5) is 5.13 Å². The molecule has 2 N–H and O–H groups in total. The number of carbonyl (C=O) groups excluding carboxylic acids is 4. The highest BCUT2D eigenvalue weighted by atomic mass is 32.2. The Labute approximate surface area is 281 Å². The first-order chi connectivity index (χ1) is 23.0. The van der Waals surface area contributed by atoms with Crippen molar-refractivity contribution < 1.29 is 28.8 Å². The minimum atomic E-state index is -0.943. The van der Waals surface area contributed by atoms with Gasteiger partial charge in [0.25, 0.3) is 11.8 Å². The fourth-order valence-corrected chi connectivity index (χ4v) is 7.15. The van der Waals surface area contributed by atoms with E-state index < -0.39 is 35.3 Å². The van der Waals surface area contributed by atoms with Gasteiger partial charge in [0.15, 0.2) is 16.9 Å². The van der Waals surface area contributed by atoms with E-state index in [1.807, 2.05) is 60.7 Å². The number of hydrogen-bond acceptors (Lipinski definition) is 10. The van der Waals surface area contributed by atoms with E-state index in [9.17, 15) is 19.2 Å². The second kappa shape index (κ2) is 16.2. The van der Waals surface area contributed by atoms with Crippen molar-refractivity contribution in [2.24, 2.45) is 5.16 Å². The molecule has 0 bridgehead atoms. The maximum atomic E-state index is 13.9. The Balaban J connectivity index is 1.33.